The highest BCUT2D eigenvalue weighted by Crippen LogP contribution is 2.22. The van der Waals surface area contributed by atoms with E-state index in [1.165, 1.54) is 0 Å². The molecule has 1 N–H and O–H groups in total. The third-order valence-electron chi connectivity index (χ3n) is 2.23. The van der Waals surface area contributed by atoms with Gasteiger partial charge in [-0.1, -0.05) is 13.0 Å². The Morgan fingerprint density at radius 1 is 1.38 bits per heavy atom. The lowest BCUT2D eigenvalue weighted by Crippen LogP contribution is -1.97. The molecular formula is C12H11NO2S. The third kappa shape index (κ3) is 2.02. The molecule has 1 heterocycles. The van der Waals surface area contributed by atoms with Crippen molar-refractivity contribution in [1.29, 1.82) is 0 Å². The van der Waals surface area contributed by atoms with Gasteiger partial charge in [-0.3, -0.25) is 0 Å². The number of pyridine rings is 1. The first-order valence-electron chi connectivity index (χ1n) is 4.98. The highest BCUT2D eigenvalue weighted by molar-refractivity contribution is 7.99. The van der Waals surface area contributed by atoms with Crippen LogP contribution in [0.2, 0.25) is 0 Å². The van der Waals surface area contributed by atoms with Crippen LogP contribution < -0.4 is 0 Å². The van der Waals surface area contributed by atoms with Crippen LogP contribution in [0.15, 0.2) is 35.4 Å². The average Bonchev–Trinajstić information content (AvgIpc) is 2.28. The van der Waals surface area contributed by atoms with E-state index in [0.29, 0.717) is 10.9 Å². The number of fused-ring (bicyclic) bond motifs is 1. The number of hydrogen-bond donors (Lipinski definition) is 1. The molecule has 0 saturated heterocycles. The molecule has 0 amide bonds. The summed E-state index contributed by atoms with van der Waals surface area (Å²) >= 11 is 1.65. The van der Waals surface area contributed by atoms with Gasteiger partial charge in [0.2, 0.25) is 0 Å². The van der Waals surface area contributed by atoms with Crippen LogP contribution in [0.5, 0.6) is 0 Å². The Balaban J connectivity index is 2.59. The minimum absolute atomic E-state index is 0.304. The SMILES string of the molecule is CCSc1ccc2c(C(=O)O)cccc2n1. The summed E-state index contributed by atoms with van der Waals surface area (Å²) in [4.78, 5) is 15.4. The van der Waals surface area contributed by atoms with E-state index in [4.69, 9.17) is 5.11 Å². The summed E-state index contributed by atoms with van der Waals surface area (Å²) < 4.78 is 0. The number of carboxylic acids is 1. The molecule has 0 saturated carbocycles. The number of hydrogen-bond acceptors (Lipinski definition) is 3. The summed E-state index contributed by atoms with van der Waals surface area (Å²) in [6.45, 7) is 2.06. The summed E-state index contributed by atoms with van der Waals surface area (Å²) in [6.07, 6.45) is 0. The number of benzene rings is 1. The predicted octanol–water partition coefficient (Wildman–Crippen LogP) is 3.05. The molecule has 82 valence electrons. The van der Waals surface area contributed by atoms with Crippen LogP contribution in [-0.4, -0.2) is 21.8 Å². The van der Waals surface area contributed by atoms with Gasteiger partial charge in [-0.15, -0.1) is 11.8 Å². The molecule has 0 aliphatic rings. The fourth-order valence-corrected chi connectivity index (χ4v) is 2.17. The zero-order valence-corrected chi connectivity index (χ0v) is 9.62. The highest BCUT2D eigenvalue weighted by Gasteiger charge is 2.08. The van der Waals surface area contributed by atoms with E-state index >= 15 is 0 Å². The van der Waals surface area contributed by atoms with E-state index in [-0.39, 0.29) is 0 Å². The lowest BCUT2D eigenvalue weighted by atomic mass is 10.1. The average molecular weight is 233 g/mol. The van der Waals surface area contributed by atoms with Crippen LogP contribution in [0.1, 0.15) is 17.3 Å². The lowest BCUT2D eigenvalue weighted by Gasteiger charge is -2.03. The quantitative estimate of drug-likeness (QED) is 0.828. The molecule has 0 atom stereocenters. The Morgan fingerprint density at radius 2 is 2.19 bits per heavy atom. The molecule has 0 bridgehead atoms. The van der Waals surface area contributed by atoms with E-state index in [0.717, 1.165) is 16.3 Å². The van der Waals surface area contributed by atoms with Crippen molar-refractivity contribution in [2.24, 2.45) is 0 Å². The molecule has 0 aliphatic carbocycles. The molecule has 0 fully saturated rings. The lowest BCUT2D eigenvalue weighted by molar-refractivity contribution is 0.0699. The summed E-state index contributed by atoms with van der Waals surface area (Å²) in [6, 6.07) is 8.84. The first-order valence-corrected chi connectivity index (χ1v) is 5.97. The maximum Gasteiger partial charge on any atom is 0.336 e. The van der Waals surface area contributed by atoms with Crippen molar-refractivity contribution in [2.75, 3.05) is 5.75 Å². The van der Waals surface area contributed by atoms with Crippen LogP contribution in [0.3, 0.4) is 0 Å². The van der Waals surface area contributed by atoms with Crippen LogP contribution >= 0.6 is 11.8 Å². The molecule has 0 spiro atoms. The van der Waals surface area contributed by atoms with E-state index in [2.05, 4.69) is 11.9 Å². The van der Waals surface area contributed by atoms with Crippen LogP contribution in [0.25, 0.3) is 10.9 Å². The van der Waals surface area contributed by atoms with Gasteiger partial charge < -0.3 is 5.11 Å². The van der Waals surface area contributed by atoms with Crippen molar-refractivity contribution in [2.45, 2.75) is 11.9 Å². The Morgan fingerprint density at radius 3 is 2.88 bits per heavy atom. The molecule has 2 aromatic rings. The predicted molar refractivity (Wildman–Crippen MR) is 65.1 cm³/mol. The van der Waals surface area contributed by atoms with Crippen molar-refractivity contribution < 1.29 is 9.90 Å². The highest BCUT2D eigenvalue weighted by atomic mass is 32.2. The Hall–Kier alpha value is -1.55. The van der Waals surface area contributed by atoms with Crippen LogP contribution in [-0.2, 0) is 0 Å². The topological polar surface area (TPSA) is 50.2 Å². The fourth-order valence-electron chi connectivity index (χ4n) is 1.55. The molecule has 1 aromatic heterocycles. The second-order valence-corrected chi connectivity index (χ2v) is 4.54. The zero-order valence-electron chi connectivity index (χ0n) is 8.80. The largest absolute Gasteiger partial charge is 0.478 e. The molecule has 0 radical (unpaired) electrons. The number of carboxylic acid groups (broad SMARTS) is 1. The van der Waals surface area contributed by atoms with Crippen molar-refractivity contribution in [3.8, 4) is 0 Å². The monoisotopic (exact) mass is 233 g/mol. The molecule has 3 nitrogen and oxygen atoms in total. The van der Waals surface area contributed by atoms with Gasteiger partial charge in [-0.25, -0.2) is 9.78 Å². The molecular weight excluding hydrogens is 222 g/mol. The zero-order chi connectivity index (χ0) is 11.5. The molecule has 0 aliphatic heterocycles. The minimum Gasteiger partial charge on any atom is -0.478 e. The number of aromatic carboxylic acids is 1. The first kappa shape index (κ1) is 11.0. The van der Waals surface area contributed by atoms with E-state index in [1.54, 1.807) is 23.9 Å². The van der Waals surface area contributed by atoms with E-state index < -0.39 is 5.97 Å². The smallest absolute Gasteiger partial charge is 0.336 e. The summed E-state index contributed by atoms with van der Waals surface area (Å²) in [5.41, 5.74) is 1.04. The number of rotatable bonds is 3. The molecule has 4 heteroatoms. The van der Waals surface area contributed by atoms with E-state index in [1.807, 2.05) is 18.2 Å². The number of aromatic nitrogens is 1. The van der Waals surface area contributed by atoms with Gasteiger partial charge in [0.15, 0.2) is 0 Å². The van der Waals surface area contributed by atoms with Gasteiger partial charge in [0.1, 0.15) is 0 Å². The molecule has 2 rings (SSSR count). The Labute approximate surface area is 97.5 Å². The number of carbonyl (C=O) groups is 1. The standard InChI is InChI=1S/C12H11NO2S/c1-2-16-11-7-6-8-9(12(14)15)4-3-5-10(8)13-11/h3-7H,2H2,1H3,(H,14,15). The van der Waals surface area contributed by atoms with E-state index in [9.17, 15) is 4.79 Å². The van der Waals surface area contributed by atoms with Crippen molar-refractivity contribution in [3.05, 3.63) is 35.9 Å². The maximum absolute atomic E-state index is 11.0. The summed E-state index contributed by atoms with van der Waals surface area (Å²) in [5.74, 6) is 0.0419. The van der Waals surface area contributed by atoms with Gasteiger partial charge in [-0.2, -0.15) is 0 Å². The molecule has 16 heavy (non-hydrogen) atoms. The van der Waals surface area contributed by atoms with Gasteiger partial charge in [-0.05, 0) is 30.0 Å². The second kappa shape index (κ2) is 4.53. The number of thioether (sulfide) groups is 1. The van der Waals surface area contributed by atoms with Crippen molar-refractivity contribution >= 4 is 28.6 Å². The Kier molecular flexibility index (Phi) is 3.10. The first-order chi connectivity index (χ1) is 7.72. The van der Waals surface area contributed by atoms with Gasteiger partial charge in [0.05, 0.1) is 16.1 Å². The van der Waals surface area contributed by atoms with Gasteiger partial charge in [0.25, 0.3) is 0 Å². The van der Waals surface area contributed by atoms with Crippen LogP contribution in [0, 0.1) is 0 Å². The summed E-state index contributed by atoms with van der Waals surface area (Å²) in [7, 11) is 0. The van der Waals surface area contributed by atoms with Crippen LogP contribution in [0.4, 0.5) is 0 Å². The van der Waals surface area contributed by atoms with Gasteiger partial charge in [0, 0.05) is 5.39 Å². The molecule has 1 aromatic carbocycles. The Bertz CT molecular complexity index is 540. The number of nitrogens with zero attached hydrogens (tertiary/aromatic N) is 1. The van der Waals surface area contributed by atoms with Gasteiger partial charge >= 0.3 is 5.97 Å². The third-order valence-corrected chi connectivity index (χ3v) is 3.04. The maximum atomic E-state index is 11.0. The minimum atomic E-state index is -0.914. The molecule has 0 unspecified atom stereocenters. The summed E-state index contributed by atoms with van der Waals surface area (Å²) in [5, 5.41) is 10.6. The van der Waals surface area contributed by atoms with Crippen molar-refractivity contribution in [3.63, 3.8) is 0 Å². The normalized spacial score (nSPS) is 10.6. The second-order valence-electron chi connectivity index (χ2n) is 3.26. The fraction of sp³-hybridized carbons (Fsp3) is 0.167. The van der Waals surface area contributed by atoms with Crippen molar-refractivity contribution in [1.82, 2.24) is 4.98 Å².